The quantitative estimate of drug-likeness (QED) is 0.319. The van der Waals surface area contributed by atoms with Crippen LogP contribution in [0, 0.1) is 0 Å². The number of thioether (sulfide) groups is 1. The first-order valence-electron chi connectivity index (χ1n) is 10.3. The van der Waals surface area contributed by atoms with Crippen LogP contribution in [0.4, 0.5) is 5.95 Å². The number of thiophene rings is 1. The number of aromatic nitrogens is 3. The number of furan rings is 1. The highest BCUT2D eigenvalue weighted by Crippen LogP contribution is 2.27. The maximum absolute atomic E-state index is 12.7. The van der Waals surface area contributed by atoms with Gasteiger partial charge in [0.1, 0.15) is 5.76 Å². The van der Waals surface area contributed by atoms with Crippen molar-refractivity contribution >= 4 is 44.9 Å². The average Bonchev–Trinajstić information content (AvgIpc) is 3.53. The molecule has 4 heterocycles. The number of Topliss-reactive ketones (excluding diaryl/α,β-unsaturated/α-hetero) is 1. The number of nitrogens with one attached hydrogen (secondary N) is 1. The molecule has 32 heavy (non-hydrogen) atoms. The monoisotopic (exact) mass is 495 g/mol. The zero-order chi connectivity index (χ0) is 22.6. The second-order valence-corrected chi connectivity index (χ2v) is 11.5. The predicted molar refractivity (Wildman–Crippen MR) is 125 cm³/mol. The molecule has 1 fully saturated rings. The van der Waals surface area contributed by atoms with Crippen LogP contribution >= 0.6 is 23.1 Å². The molecule has 0 unspecified atom stereocenters. The third-order valence-electron chi connectivity index (χ3n) is 4.98. The fraction of sp³-hybridized carbons (Fsp3) is 0.450. The first kappa shape index (κ1) is 23.0. The molecule has 12 heteroatoms. The van der Waals surface area contributed by atoms with Gasteiger partial charge in [-0.1, -0.05) is 11.8 Å². The molecule has 1 saturated heterocycles. The van der Waals surface area contributed by atoms with Gasteiger partial charge >= 0.3 is 0 Å². The van der Waals surface area contributed by atoms with Crippen molar-refractivity contribution in [1.82, 2.24) is 19.5 Å². The van der Waals surface area contributed by atoms with E-state index in [9.17, 15) is 13.2 Å². The van der Waals surface area contributed by atoms with Crippen LogP contribution in [0.25, 0.3) is 0 Å². The van der Waals surface area contributed by atoms with Crippen LogP contribution in [0.5, 0.6) is 0 Å². The number of ketones is 1. The molecular formula is C20H25N5O4S3. The molecular weight excluding hydrogens is 470 g/mol. The van der Waals surface area contributed by atoms with E-state index in [-0.39, 0.29) is 11.5 Å². The van der Waals surface area contributed by atoms with Crippen molar-refractivity contribution in [3.05, 3.63) is 46.0 Å². The number of carbonyl (C=O) groups is 1. The number of sulfonamides is 1. The lowest BCUT2D eigenvalue weighted by atomic mass is 10.3. The minimum Gasteiger partial charge on any atom is -0.467 e. The molecule has 3 aromatic heterocycles. The maximum Gasteiger partial charge on any atom is 0.228 e. The molecule has 0 amide bonds. The van der Waals surface area contributed by atoms with E-state index < -0.39 is 10.0 Å². The molecule has 4 rings (SSSR count). The molecule has 9 nitrogen and oxygen atoms in total. The number of hydrogen-bond donors (Lipinski definition) is 1. The molecule has 0 atom stereocenters. The van der Waals surface area contributed by atoms with Gasteiger partial charge < -0.3 is 9.32 Å². The SMILES string of the molecule is CS(=O)(=O)NCCc1ccc(C(=O)CSc2nnc(N3CCCC3)n2Cc2ccco2)s1. The zero-order valence-electron chi connectivity index (χ0n) is 17.7. The van der Waals surface area contributed by atoms with Crippen molar-refractivity contribution in [1.29, 1.82) is 0 Å². The molecule has 172 valence electrons. The molecule has 3 aromatic rings. The Balaban J connectivity index is 1.40. The predicted octanol–water partition coefficient (Wildman–Crippen LogP) is 2.65. The van der Waals surface area contributed by atoms with Gasteiger partial charge in [-0.05, 0) is 43.5 Å². The lowest BCUT2D eigenvalue weighted by Crippen LogP contribution is -2.23. The first-order chi connectivity index (χ1) is 15.4. The average molecular weight is 496 g/mol. The van der Waals surface area contributed by atoms with Gasteiger partial charge in [-0.15, -0.1) is 21.5 Å². The number of hydrogen-bond acceptors (Lipinski definition) is 9. The van der Waals surface area contributed by atoms with Gasteiger partial charge in [-0.2, -0.15) is 0 Å². The Bertz CT molecular complexity index is 1150. The molecule has 1 aliphatic heterocycles. The van der Waals surface area contributed by atoms with Crippen LogP contribution in [0.15, 0.2) is 40.1 Å². The van der Waals surface area contributed by atoms with Crippen molar-refractivity contribution in [3.63, 3.8) is 0 Å². The van der Waals surface area contributed by atoms with Crippen LogP contribution in [0.3, 0.4) is 0 Å². The molecule has 0 aromatic carbocycles. The molecule has 0 aliphatic carbocycles. The fourth-order valence-corrected chi connectivity index (χ4v) is 5.78. The third-order valence-corrected chi connectivity index (χ3v) is 7.87. The van der Waals surface area contributed by atoms with Crippen LogP contribution in [0.2, 0.25) is 0 Å². The molecule has 1 N–H and O–H groups in total. The van der Waals surface area contributed by atoms with E-state index in [4.69, 9.17) is 4.42 Å². The van der Waals surface area contributed by atoms with Crippen molar-refractivity contribution < 1.29 is 17.6 Å². The minimum atomic E-state index is -3.21. The summed E-state index contributed by atoms with van der Waals surface area (Å²) in [4.78, 5) is 16.6. The van der Waals surface area contributed by atoms with Gasteiger partial charge in [-0.3, -0.25) is 9.36 Å². The summed E-state index contributed by atoms with van der Waals surface area (Å²) >= 11 is 2.76. The second kappa shape index (κ2) is 10.2. The van der Waals surface area contributed by atoms with Gasteiger partial charge in [0.15, 0.2) is 10.9 Å². The van der Waals surface area contributed by atoms with Gasteiger partial charge in [0.05, 0.1) is 29.7 Å². The Morgan fingerprint density at radius 2 is 2.06 bits per heavy atom. The lowest BCUT2D eigenvalue weighted by Gasteiger charge is -2.17. The smallest absolute Gasteiger partial charge is 0.228 e. The van der Waals surface area contributed by atoms with Gasteiger partial charge in [0.2, 0.25) is 16.0 Å². The summed E-state index contributed by atoms with van der Waals surface area (Å²) in [6, 6.07) is 7.44. The Morgan fingerprint density at radius 3 is 2.78 bits per heavy atom. The molecule has 0 saturated carbocycles. The second-order valence-electron chi connectivity index (χ2n) is 7.54. The third kappa shape index (κ3) is 6.00. The van der Waals surface area contributed by atoms with Gasteiger partial charge in [-0.25, -0.2) is 13.1 Å². The highest BCUT2D eigenvalue weighted by molar-refractivity contribution is 7.99. The molecule has 0 radical (unpaired) electrons. The van der Waals surface area contributed by atoms with E-state index in [1.807, 2.05) is 22.8 Å². The van der Waals surface area contributed by atoms with Crippen LogP contribution in [-0.2, 0) is 23.0 Å². The first-order valence-corrected chi connectivity index (χ1v) is 14.0. The van der Waals surface area contributed by atoms with E-state index >= 15 is 0 Å². The maximum atomic E-state index is 12.7. The van der Waals surface area contributed by atoms with Crippen molar-refractivity contribution in [2.45, 2.75) is 31.0 Å². The normalized spacial score (nSPS) is 14.3. The van der Waals surface area contributed by atoms with Crippen LogP contribution in [0.1, 0.15) is 33.2 Å². The number of nitrogens with zero attached hydrogens (tertiary/aromatic N) is 4. The van der Waals surface area contributed by atoms with E-state index in [1.165, 1.54) is 23.1 Å². The van der Waals surface area contributed by atoms with E-state index in [2.05, 4.69) is 19.8 Å². The standard InChI is InChI=1S/C20H25N5O4S3/c1-32(27,28)21-9-8-16-6-7-18(31-16)17(26)14-30-20-23-22-19(24-10-2-3-11-24)25(20)13-15-5-4-12-29-15/h4-7,12,21H,2-3,8-11,13-14H2,1H3. The fourth-order valence-electron chi connectivity index (χ4n) is 3.46. The summed E-state index contributed by atoms with van der Waals surface area (Å²) in [5, 5.41) is 9.44. The summed E-state index contributed by atoms with van der Waals surface area (Å²) in [6.07, 6.45) is 5.59. The Hall–Kier alpha value is -2.15. The summed E-state index contributed by atoms with van der Waals surface area (Å²) in [5.74, 6) is 1.88. The highest BCUT2D eigenvalue weighted by Gasteiger charge is 2.23. The number of rotatable bonds is 11. The van der Waals surface area contributed by atoms with Crippen LogP contribution in [-0.4, -0.2) is 60.6 Å². The van der Waals surface area contributed by atoms with Crippen molar-refractivity contribution in [2.24, 2.45) is 0 Å². The van der Waals surface area contributed by atoms with E-state index in [0.29, 0.717) is 29.5 Å². The molecule has 0 spiro atoms. The van der Waals surface area contributed by atoms with E-state index in [1.54, 1.807) is 12.3 Å². The molecule has 0 bridgehead atoms. The largest absolute Gasteiger partial charge is 0.467 e. The van der Waals surface area contributed by atoms with Gasteiger partial charge in [0, 0.05) is 24.5 Å². The van der Waals surface area contributed by atoms with Crippen LogP contribution < -0.4 is 9.62 Å². The highest BCUT2D eigenvalue weighted by atomic mass is 32.2. The zero-order valence-corrected chi connectivity index (χ0v) is 20.1. The summed E-state index contributed by atoms with van der Waals surface area (Å²) in [5.41, 5.74) is 0. The topological polar surface area (TPSA) is 110 Å². The summed E-state index contributed by atoms with van der Waals surface area (Å²) in [6.45, 7) is 2.73. The number of anilines is 1. The number of carbonyl (C=O) groups excluding carboxylic acids is 1. The Morgan fingerprint density at radius 1 is 1.25 bits per heavy atom. The Kier molecular flexibility index (Phi) is 7.33. The van der Waals surface area contributed by atoms with Gasteiger partial charge in [0.25, 0.3) is 0 Å². The molecule has 1 aliphatic rings. The van der Waals surface area contributed by atoms with Crippen molar-refractivity contribution in [3.8, 4) is 0 Å². The van der Waals surface area contributed by atoms with Crippen molar-refractivity contribution in [2.75, 3.05) is 36.5 Å². The van der Waals surface area contributed by atoms with E-state index in [0.717, 1.165) is 48.8 Å². The Labute approximate surface area is 195 Å². The summed E-state index contributed by atoms with van der Waals surface area (Å²) < 4.78 is 32.4. The lowest BCUT2D eigenvalue weighted by molar-refractivity contribution is 0.102. The summed E-state index contributed by atoms with van der Waals surface area (Å²) in [7, 11) is -3.21. The minimum absolute atomic E-state index is 0.0117.